The summed E-state index contributed by atoms with van der Waals surface area (Å²) in [6, 6.07) is 9.60. The number of hydrogen-bond donors (Lipinski definition) is 0. The second kappa shape index (κ2) is 10.2. The first kappa shape index (κ1) is 24.2. The van der Waals surface area contributed by atoms with Gasteiger partial charge in [-0.1, -0.05) is 53.8 Å². The highest BCUT2D eigenvalue weighted by Gasteiger charge is 2.61. The van der Waals surface area contributed by atoms with Crippen molar-refractivity contribution in [3.63, 3.8) is 0 Å². The second-order valence-electron chi connectivity index (χ2n) is 9.86. The van der Waals surface area contributed by atoms with Crippen LogP contribution in [-0.2, 0) is 36.8 Å². The highest BCUT2D eigenvalue weighted by molar-refractivity contribution is 5.91. The number of fused-ring (bicyclic) bond motifs is 3. The van der Waals surface area contributed by atoms with E-state index in [0.29, 0.717) is 18.5 Å². The quantitative estimate of drug-likeness (QED) is 0.252. The normalized spacial score (nSPS) is 29.1. The summed E-state index contributed by atoms with van der Waals surface area (Å²) in [5, 5.41) is 8.49. The van der Waals surface area contributed by atoms with Gasteiger partial charge < -0.3 is 14.2 Å². The highest BCUT2D eigenvalue weighted by Crippen LogP contribution is 2.49. The molecule has 8 nitrogen and oxygen atoms in total. The van der Waals surface area contributed by atoms with Gasteiger partial charge in [-0.05, 0) is 44.2 Å². The predicted molar refractivity (Wildman–Crippen MR) is 132 cm³/mol. The standard InChI is InChI=1S/C28H31N3O5/c1-19-23-12-10-21(9-6-15-28(2)26(36-28)25(23)35-27(19)33)17-31-18-22(29-30-31)14-16-34-24(32)13-11-20-7-4-3-5-8-20/h3-5,7-9,11,13,18,23,25-26H,1,6,10,12,14-17H2,2H3/b13-11+,21-9+/t23-,25-,26-,28+/m0/s1. The van der Waals surface area contributed by atoms with E-state index in [9.17, 15) is 9.59 Å². The van der Waals surface area contributed by atoms with Crippen LogP contribution >= 0.6 is 0 Å². The Kier molecular flexibility index (Phi) is 6.87. The molecule has 188 valence electrons. The topological polar surface area (TPSA) is 95.8 Å². The molecule has 2 aliphatic heterocycles. The van der Waals surface area contributed by atoms with E-state index in [1.807, 2.05) is 41.2 Å². The Hall–Kier alpha value is -3.52. The van der Waals surface area contributed by atoms with E-state index in [4.69, 9.17) is 14.2 Å². The van der Waals surface area contributed by atoms with Gasteiger partial charge in [0.1, 0.15) is 12.2 Å². The molecule has 3 aliphatic rings. The van der Waals surface area contributed by atoms with Crippen molar-refractivity contribution in [1.29, 1.82) is 0 Å². The van der Waals surface area contributed by atoms with Crippen LogP contribution in [0.5, 0.6) is 0 Å². The van der Waals surface area contributed by atoms with Crippen molar-refractivity contribution in [2.75, 3.05) is 6.61 Å². The van der Waals surface area contributed by atoms with Gasteiger partial charge in [0.15, 0.2) is 0 Å². The lowest BCUT2D eigenvalue weighted by molar-refractivity contribution is -0.140. The van der Waals surface area contributed by atoms with Crippen molar-refractivity contribution in [2.45, 2.75) is 63.4 Å². The van der Waals surface area contributed by atoms with Crippen LogP contribution in [-0.4, -0.2) is 51.3 Å². The molecule has 1 aromatic heterocycles. The van der Waals surface area contributed by atoms with Gasteiger partial charge in [-0.3, -0.25) is 0 Å². The smallest absolute Gasteiger partial charge is 0.334 e. The van der Waals surface area contributed by atoms with Crippen molar-refractivity contribution >= 4 is 18.0 Å². The molecule has 0 radical (unpaired) electrons. The molecule has 4 atom stereocenters. The van der Waals surface area contributed by atoms with Gasteiger partial charge in [-0.2, -0.15) is 0 Å². The number of ether oxygens (including phenoxy) is 3. The third kappa shape index (κ3) is 5.49. The maximum Gasteiger partial charge on any atom is 0.334 e. The van der Waals surface area contributed by atoms with E-state index in [0.717, 1.165) is 36.9 Å². The molecule has 5 rings (SSSR count). The minimum absolute atomic E-state index is 0.0252. The molecule has 3 heterocycles. The predicted octanol–water partition coefficient (Wildman–Crippen LogP) is 3.83. The van der Waals surface area contributed by atoms with Gasteiger partial charge in [0.2, 0.25) is 0 Å². The van der Waals surface area contributed by atoms with Crippen molar-refractivity contribution in [1.82, 2.24) is 15.0 Å². The Balaban J connectivity index is 1.14. The minimum atomic E-state index is -0.386. The van der Waals surface area contributed by atoms with E-state index in [1.54, 1.807) is 6.08 Å². The number of esters is 2. The summed E-state index contributed by atoms with van der Waals surface area (Å²) >= 11 is 0. The van der Waals surface area contributed by atoms with Crippen LogP contribution in [0, 0.1) is 5.92 Å². The molecule has 0 spiro atoms. The third-order valence-electron chi connectivity index (χ3n) is 7.20. The van der Waals surface area contributed by atoms with Crippen LogP contribution < -0.4 is 0 Å². The largest absolute Gasteiger partial charge is 0.462 e. The molecule has 2 fully saturated rings. The molecule has 2 aromatic rings. The van der Waals surface area contributed by atoms with Crippen LogP contribution in [0.2, 0.25) is 0 Å². The second-order valence-corrected chi connectivity index (χ2v) is 9.86. The number of carbonyl (C=O) groups is 2. The van der Waals surface area contributed by atoms with Gasteiger partial charge in [0, 0.05) is 30.2 Å². The van der Waals surface area contributed by atoms with Crippen LogP contribution in [0.1, 0.15) is 43.9 Å². The number of epoxide rings is 1. The number of aromatic nitrogens is 3. The van der Waals surface area contributed by atoms with Crippen molar-refractivity contribution in [3.8, 4) is 0 Å². The number of rotatable bonds is 7. The Bertz CT molecular complexity index is 1200. The van der Waals surface area contributed by atoms with E-state index in [1.165, 1.54) is 11.6 Å². The Morgan fingerprint density at radius 1 is 1.33 bits per heavy atom. The summed E-state index contributed by atoms with van der Waals surface area (Å²) in [6.07, 6.45) is 10.9. The molecule has 0 bridgehead atoms. The van der Waals surface area contributed by atoms with Gasteiger partial charge in [0.05, 0.1) is 24.4 Å². The summed E-state index contributed by atoms with van der Waals surface area (Å²) in [5.74, 6) is -0.713. The Labute approximate surface area is 210 Å². The summed E-state index contributed by atoms with van der Waals surface area (Å²) in [6.45, 7) is 6.93. The Morgan fingerprint density at radius 2 is 2.17 bits per heavy atom. The van der Waals surface area contributed by atoms with Gasteiger partial charge >= 0.3 is 11.9 Å². The fraction of sp³-hybridized carbons (Fsp3) is 0.429. The molecule has 1 aliphatic carbocycles. The lowest BCUT2D eigenvalue weighted by Crippen LogP contribution is -2.29. The van der Waals surface area contributed by atoms with E-state index in [-0.39, 0.29) is 42.3 Å². The number of allylic oxidation sites excluding steroid dienone is 2. The fourth-order valence-electron chi connectivity index (χ4n) is 5.03. The number of carbonyl (C=O) groups excluding carboxylic acids is 2. The summed E-state index contributed by atoms with van der Waals surface area (Å²) < 4.78 is 18.7. The molecule has 0 unspecified atom stereocenters. The van der Waals surface area contributed by atoms with Crippen LogP contribution in [0.4, 0.5) is 0 Å². The molecular weight excluding hydrogens is 458 g/mol. The molecule has 36 heavy (non-hydrogen) atoms. The third-order valence-corrected chi connectivity index (χ3v) is 7.20. The molecule has 0 amide bonds. The molecule has 0 N–H and O–H groups in total. The van der Waals surface area contributed by atoms with Crippen molar-refractivity contribution in [2.24, 2.45) is 5.92 Å². The summed E-state index contributed by atoms with van der Waals surface area (Å²) in [5.41, 5.74) is 3.24. The number of benzene rings is 1. The van der Waals surface area contributed by atoms with E-state index >= 15 is 0 Å². The maximum absolute atomic E-state index is 12.2. The van der Waals surface area contributed by atoms with E-state index in [2.05, 4.69) is 29.9 Å². The zero-order valence-corrected chi connectivity index (χ0v) is 20.5. The van der Waals surface area contributed by atoms with Gasteiger partial charge in [-0.25, -0.2) is 14.3 Å². The number of hydrogen-bond acceptors (Lipinski definition) is 7. The first-order chi connectivity index (χ1) is 17.4. The average Bonchev–Trinajstić information content (AvgIpc) is 3.18. The van der Waals surface area contributed by atoms with Crippen LogP contribution in [0.3, 0.4) is 0 Å². The van der Waals surface area contributed by atoms with Crippen molar-refractivity contribution in [3.05, 3.63) is 77.7 Å². The lowest BCUT2D eigenvalue weighted by atomic mass is 9.84. The monoisotopic (exact) mass is 489 g/mol. The lowest BCUT2D eigenvalue weighted by Gasteiger charge is -2.20. The first-order valence-corrected chi connectivity index (χ1v) is 12.5. The maximum atomic E-state index is 12.2. The highest BCUT2D eigenvalue weighted by atomic mass is 16.6. The molecule has 0 saturated carbocycles. The van der Waals surface area contributed by atoms with Crippen LogP contribution in [0.25, 0.3) is 6.08 Å². The zero-order valence-electron chi connectivity index (χ0n) is 20.5. The van der Waals surface area contributed by atoms with Crippen molar-refractivity contribution < 1.29 is 23.8 Å². The molecule has 2 saturated heterocycles. The minimum Gasteiger partial charge on any atom is -0.462 e. The van der Waals surface area contributed by atoms with E-state index < -0.39 is 0 Å². The summed E-state index contributed by atoms with van der Waals surface area (Å²) in [7, 11) is 0. The molecule has 8 heteroatoms. The molecular formula is C28H31N3O5. The Morgan fingerprint density at radius 3 is 3.00 bits per heavy atom. The van der Waals surface area contributed by atoms with Gasteiger partial charge in [-0.15, -0.1) is 5.10 Å². The first-order valence-electron chi connectivity index (χ1n) is 12.5. The fourth-order valence-corrected chi connectivity index (χ4v) is 5.03. The van der Waals surface area contributed by atoms with Gasteiger partial charge in [0.25, 0.3) is 0 Å². The van der Waals surface area contributed by atoms with Crippen LogP contribution in [0.15, 0.2) is 66.4 Å². The number of nitrogens with zero attached hydrogens (tertiary/aromatic N) is 3. The average molecular weight is 490 g/mol. The molecule has 1 aromatic carbocycles. The SMILES string of the molecule is C=C1C(=O)O[C@H]2[C@H]1CC/C(Cn1cc(CCOC(=O)/C=C/c3ccccc3)nn1)=C\CC[C@@]1(C)O[C@@H]21. The summed E-state index contributed by atoms with van der Waals surface area (Å²) in [4.78, 5) is 24.1. The zero-order chi connectivity index (χ0) is 25.1.